The molecule has 0 spiro atoms. The van der Waals surface area contributed by atoms with Gasteiger partial charge < -0.3 is 9.84 Å². The molecule has 1 aliphatic heterocycles. The van der Waals surface area contributed by atoms with Crippen molar-refractivity contribution >= 4 is 5.97 Å². The van der Waals surface area contributed by atoms with E-state index in [1.54, 1.807) is 0 Å². The second-order valence-corrected chi connectivity index (χ2v) is 5.50. The molecule has 0 bridgehead atoms. The van der Waals surface area contributed by atoms with Crippen LogP contribution >= 0.6 is 0 Å². The summed E-state index contributed by atoms with van der Waals surface area (Å²) in [4.78, 5) is 11.5. The molecule has 1 rings (SSSR count). The molecular formula is C17H26O3. The van der Waals surface area contributed by atoms with Gasteiger partial charge in [-0.1, -0.05) is 19.1 Å². The number of hydrogen-bond acceptors (Lipinski definition) is 3. The van der Waals surface area contributed by atoms with Crippen molar-refractivity contribution in [3.05, 3.63) is 37.1 Å². The summed E-state index contributed by atoms with van der Waals surface area (Å²) >= 11 is 0. The van der Waals surface area contributed by atoms with E-state index >= 15 is 0 Å². The molecule has 0 aliphatic carbocycles. The van der Waals surface area contributed by atoms with Crippen molar-refractivity contribution < 1.29 is 14.6 Å². The molecule has 0 saturated carbocycles. The first-order chi connectivity index (χ1) is 9.58. The van der Waals surface area contributed by atoms with E-state index < -0.39 is 6.10 Å². The quantitative estimate of drug-likeness (QED) is 0.691. The topological polar surface area (TPSA) is 46.5 Å². The standard InChI is InChI=1S/C17H26O3/c1-14-8-6-4-3-5-7-9-15(2)20-17(19)13-12-16(18)11-10-14/h3-4,6,11-16,18H,5,7-10H2,1-2H3/b4-3+,13-12+/t14-,15-,16-/m1/s1. The van der Waals surface area contributed by atoms with Crippen molar-refractivity contribution in [2.75, 3.05) is 0 Å². The van der Waals surface area contributed by atoms with Crippen LogP contribution in [0, 0.1) is 18.8 Å². The maximum absolute atomic E-state index is 11.5. The Morgan fingerprint density at radius 2 is 2.10 bits per heavy atom. The highest BCUT2D eigenvalue weighted by Crippen LogP contribution is 2.14. The van der Waals surface area contributed by atoms with Crippen molar-refractivity contribution in [1.29, 1.82) is 0 Å². The Bertz CT molecular complexity index is 333. The number of hydrogen-bond donors (Lipinski definition) is 1. The minimum absolute atomic E-state index is 0.0846. The Hall–Kier alpha value is -1.09. The summed E-state index contributed by atoms with van der Waals surface area (Å²) in [5.74, 6) is 0.108. The maximum Gasteiger partial charge on any atom is 0.330 e. The molecule has 0 unspecified atom stereocenters. The van der Waals surface area contributed by atoms with Crippen molar-refractivity contribution in [3.8, 4) is 0 Å². The van der Waals surface area contributed by atoms with Crippen LogP contribution in [0.5, 0.6) is 0 Å². The van der Waals surface area contributed by atoms with Crippen LogP contribution < -0.4 is 0 Å². The summed E-state index contributed by atoms with van der Waals surface area (Å²) < 4.78 is 5.24. The van der Waals surface area contributed by atoms with Crippen LogP contribution in [0.15, 0.2) is 24.3 Å². The fourth-order valence-electron chi connectivity index (χ4n) is 2.05. The zero-order chi connectivity index (χ0) is 14.8. The molecule has 0 aromatic heterocycles. The lowest BCUT2D eigenvalue weighted by atomic mass is 9.97. The van der Waals surface area contributed by atoms with Crippen molar-refractivity contribution in [2.45, 2.75) is 58.2 Å². The Balaban J connectivity index is 2.52. The Morgan fingerprint density at radius 1 is 1.30 bits per heavy atom. The lowest BCUT2D eigenvalue weighted by Gasteiger charge is -2.13. The summed E-state index contributed by atoms with van der Waals surface area (Å²) in [6, 6.07) is 0. The number of aliphatic hydroxyl groups excluding tert-OH is 1. The van der Waals surface area contributed by atoms with Gasteiger partial charge in [-0.3, -0.25) is 0 Å². The number of carbonyl (C=O) groups is 1. The van der Waals surface area contributed by atoms with Gasteiger partial charge in [0, 0.05) is 6.08 Å². The predicted molar refractivity (Wildman–Crippen MR) is 80.7 cm³/mol. The van der Waals surface area contributed by atoms with Crippen LogP contribution in [0.4, 0.5) is 0 Å². The van der Waals surface area contributed by atoms with E-state index in [2.05, 4.69) is 25.5 Å². The van der Waals surface area contributed by atoms with Gasteiger partial charge in [0.2, 0.25) is 0 Å². The highest BCUT2D eigenvalue weighted by Gasteiger charge is 2.09. The zero-order valence-electron chi connectivity index (χ0n) is 12.5. The number of allylic oxidation sites excluding steroid dienone is 2. The van der Waals surface area contributed by atoms with E-state index in [9.17, 15) is 9.90 Å². The second kappa shape index (κ2) is 9.76. The molecule has 20 heavy (non-hydrogen) atoms. The highest BCUT2D eigenvalue weighted by atomic mass is 16.5. The lowest BCUT2D eigenvalue weighted by molar-refractivity contribution is -0.142. The number of esters is 1. The molecule has 0 saturated heterocycles. The van der Waals surface area contributed by atoms with Crippen LogP contribution in [-0.2, 0) is 9.53 Å². The summed E-state index contributed by atoms with van der Waals surface area (Å²) in [6.45, 7) is 4.05. The molecule has 0 amide bonds. The van der Waals surface area contributed by atoms with E-state index in [4.69, 9.17) is 4.74 Å². The SMILES string of the molecule is C[C@@H]1C[CH]/C=C/CCC[C@@H](C)OC(=O)/C=C/[C@H](O)[CH]C1. The molecule has 112 valence electrons. The first-order valence-corrected chi connectivity index (χ1v) is 7.46. The Morgan fingerprint density at radius 3 is 2.90 bits per heavy atom. The molecule has 0 aromatic carbocycles. The van der Waals surface area contributed by atoms with Gasteiger partial charge in [0.1, 0.15) is 0 Å². The predicted octanol–water partition coefficient (Wildman–Crippen LogP) is 3.40. The molecule has 0 fully saturated rings. The number of aliphatic hydroxyl groups is 1. The van der Waals surface area contributed by atoms with Gasteiger partial charge in [-0.25, -0.2) is 4.79 Å². The monoisotopic (exact) mass is 278 g/mol. The van der Waals surface area contributed by atoms with E-state index in [1.165, 1.54) is 12.2 Å². The zero-order valence-corrected chi connectivity index (χ0v) is 12.5. The molecule has 3 nitrogen and oxygen atoms in total. The van der Waals surface area contributed by atoms with Crippen LogP contribution in [0.25, 0.3) is 0 Å². The van der Waals surface area contributed by atoms with Gasteiger partial charge in [0.15, 0.2) is 0 Å². The van der Waals surface area contributed by atoms with Gasteiger partial charge in [0.05, 0.1) is 12.2 Å². The third kappa shape index (κ3) is 8.16. The minimum atomic E-state index is -0.691. The Labute approximate surface area is 122 Å². The fourth-order valence-corrected chi connectivity index (χ4v) is 2.05. The molecule has 1 aliphatic rings. The average molecular weight is 278 g/mol. The lowest BCUT2D eigenvalue weighted by Crippen LogP contribution is -2.14. The van der Waals surface area contributed by atoms with Crippen LogP contribution in [0.2, 0.25) is 0 Å². The van der Waals surface area contributed by atoms with Crippen LogP contribution in [-0.4, -0.2) is 23.3 Å². The largest absolute Gasteiger partial charge is 0.460 e. The molecular weight excluding hydrogens is 252 g/mol. The van der Waals surface area contributed by atoms with Crippen molar-refractivity contribution in [3.63, 3.8) is 0 Å². The highest BCUT2D eigenvalue weighted by molar-refractivity contribution is 5.82. The Kier molecular flexibility index (Phi) is 8.28. The number of carbonyl (C=O) groups excluding carboxylic acids is 1. The first kappa shape index (κ1) is 17.0. The van der Waals surface area contributed by atoms with E-state index in [1.807, 2.05) is 13.3 Å². The van der Waals surface area contributed by atoms with E-state index in [0.29, 0.717) is 5.92 Å². The molecule has 3 heteroatoms. The summed E-state index contributed by atoms with van der Waals surface area (Å²) in [5, 5.41) is 9.75. The van der Waals surface area contributed by atoms with Gasteiger partial charge in [-0.05, 0) is 63.9 Å². The van der Waals surface area contributed by atoms with Crippen molar-refractivity contribution in [1.82, 2.24) is 0 Å². The minimum Gasteiger partial charge on any atom is -0.460 e. The third-order valence-electron chi connectivity index (χ3n) is 3.32. The number of cyclic esters (lactones) is 1. The molecule has 3 atom stereocenters. The summed E-state index contributed by atoms with van der Waals surface area (Å²) in [5.41, 5.74) is 0. The molecule has 1 heterocycles. The molecule has 0 aromatic rings. The molecule has 1 N–H and O–H groups in total. The maximum atomic E-state index is 11.5. The summed E-state index contributed by atoms with van der Waals surface area (Å²) in [7, 11) is 0. The van der Waals surface area contributed by atoms with Gasteiger partial charge in [0.25, 0.3) is 0 Å². The fraction of sp³-hybridized carbons (Fsp3) is 0.588. The van der Waals surface area contributed by atoms with Gasteiger partial charge in [-0.15, -0.1) is 0 Å². The van der Waals surface area contributed by atoms with E-state index in [0.717, 1.165) is 32.1 Å². The number of ether oxygens (including phenoxy) is 1. The summed E-state index contributed by atoms with van der Waals surface area (Å²) in [6.07, 6.45) is 15.0. The van der Waals surface area contributed by atoms with Crippen LogP contribution in [0.1, 0.15) is 46.0 Å². The second-order valence-electron chi connectivity index (χ2n) is 5.50. The smallest absolute Gasteiger partial charge is 0.330 e. The van der Waals surface area contributed by atoms with E-state index in [-0.39, 0.29) is 12.1 Å². The molecule has 2 radical (unpaired) electrons. The average Bonchev–Trinajstić information content (AvgIpc) is 2.40. The van der Waals surface area contributed by atoms with Gasteiger partial charge in [-0.2, -0.15) is 0 Å². The third-order valence-corrected chi connectivity index (χ3v) is 3.32. The first-order valence-electron chi connectivity index (χ1n) is 7.46. The van der Waals surface area contributed by atoms with Crippen LogP contribution in [0.3, 0.4) is 0 Å². The normalized spacial score (nSPS) is 34.1. The van der Waals surface area contributed by atoms with Crippen molar-refractivity contribution in [2.24, 2.45) is 5.92 Å². The number of rotatable bonds is 0. The van der Waals surface area contributed by atoms with Gasteiger partial charge >= 0.3 is 5.97 Å².